The van der Waals surface area contributed by atoms with E-state index in [2.05, 4.69) is 35.7 Å². The van der Waals surface area contributed by atoms with Crippen molar-refractivity contribution in [1.82, 2.24) is 35.7 Å². The van der Waals surface area contributed by atoms with Crippen LogP contribution in [0.1, 0.15) is 16.1 Å². The molecule has 0 fully saturated rings. The highest BCUT2D eigenvalue weighted by molar-refractivity contribution is 5.94. The standard InChI is InChI=1S/C16H13N7O/c24-16(11-5-3-10(4-6-11)14-19-9-20-22-14)18-8-13-12-2-1-7-17-15(12)23-21-13/h1-7,9H,8H2,(H,18,24)(H,17,21,23)(H,19,20,22). The Morgan fingerprint density at radius 3 is 2.75 bits per heavy atom. The van der Waals surface area contributed by atoms with Gasteiger partial charge in [0.05, 0.1) is 12.2 Å². The van der Waals surface area contributed by atoms with E-state index >= 15 is 0 Å². The van der Waals surface area contributed by atoms with Crippen molar-refractivity contribution in [3.05, 3.63) is 60.2 Å². The molecule has 24 heavy (non-hydrogen) atoms. The van der Waals surface area contributed by atoms with Crippen LogP contribution in [0.15, 0.2) is 48.9 Å². The van der Waals surface area contributed by atoms with Crippen molar-refractivity contribution in [3.8, 4) is 11.4 Å². The molecule has 0 radical (unpaired) electrons. The fraction of sp³-hybridized carbons (Fsp3) is 0.0625. The number of fused-ring (bicyclic) bond motifs is 1. The van der Waals surface area contributed by atoms with E-state index in [0.29, 0.717) is 23.6 Å². The van der Waals surface area contributed by atoms with E-state index in [-0.39, 0.29) is 5.91 Å². The summed E-state index contributed by atoms with van der Waals surface area (Å²) in [5.41, 5.74) is 2.90. The molecule has 0 saturated carbocycles. The number of hydrogen-bond acceptors (Lipinski definition) is 5. The van der Waals surface area contributed by atoms with Crippen LogP contribution in [0.3, 0.4) is 0 Å². The lowest BCUT2D eigenvalue weighted by Crippen LogP contribution is -2.23. The second-order valence-electron chi connectivity index (χ2n) is 5.17. The first-order valence-corrected chi connectivity index (χ1v) is 7.33. The molecule has 0 aliphatic heterocycles. The summed E-state index contributed by atoms with van der Waals surface area (Å²) < 4.78 is 0. The summed E-state index contributed by atoms with van der Waals surface area (Å²) in [6, 6.07) is 10.9. The van der Waals surface area contributed by atoms with Crippen LogP contribution in [0.5, 0.6) is 0 Å². The number of carbonyl (C=O) groups excluding carboxylic acids is 1. The summed E-state index contributed by atoms with van der Waals surface area (Å²) in [4.78, 5) is 20.5. The smallest absolute Gasteiger partial charge is 0.251 e. The molecule has 4 rings (SSSR count). The number of carbonyl (C=O) groups is 1. The Hall–Kier alpha value is -3.55. The van der Waals surface area contributed by atoms with Gasteiger partial charge in [0.2, 0.25) is 0 Å². The molecule has 8 nitrogen and oxygen atoms in total. The Morgan fingerprint density at radius 1 is 1.08 bits per heavy atom. The van der Waals surface area contributed by atoms with Crippen molar-refractivity contribution < 1.29 is 4.79 Å². The number of hydrogen-bond donors (Lipinski definition) is 3. The van der Waals surface area contributed by atoms with Crippen LogP contribution < -0.4 is 5.32 Å². The van der Waals surface area contributed by atoms with E-state index in [1.54, 1.807) is 18.3 Å². The van der Waals surface area contributed by atoms with Gasteiger partial charge < -0.3 is 5.32 Å². The lowest BCUT2D eigenvalue weighted by molar-refractivity contribution is 0.0950. The van der Waals surface area contributed by atoms with Gasteiger partial charge in [-0.05, 0) is 24.3 Å². The van der Waals surface area contributed by atoms with Crippen molar-refractivity contribution >= 4 is 16.9 Å². The molecule has 3 N–H and O–H groups in total. The van der Waals surface area contributed by atoms with Crippen molar-refractivity contribution in [2.24, 2.45) is 0 Å². The maximum Gasteiger partial charge on any atom is 0.251 e. The predicted octanol–water partition coefficient (Wildman–Crippen LogP) is 1.67. The third kappa shape index (κ3) is 2.60. The molecule has 0 spiro atoms. The highest BCUT2D eigenvalue weighted by atomic mass is 16.1. The van der Waals surface area contributed by atoms with E-state index in [4.69, 9.17) is 0 Å². The van der Waals surface area contributed by atoms with E-state index in [9.17, 15) is 4.79 Å². The van der Waals surface area contributed by atoms with Crippen molar-refractivity contribution in [2.45, 2.75) is 6.54 Å². The summed E-state index contributed by atoms with van der Waals surface area (Å²) >= 11 is 0. The molecule has 0 aliphatic rings. The van der Waals surface area contributed by atoms with Gasteiger partial charge in [-0.25, -0.2) is 9.97 Å². The maximum atomic E-state index is 12.3. The SMILES string of the molecule is O=C(NCc1[nH]nc2ncccc12)c1ccc(-c2ncn[nH]2)cc1. The number of aromatic nitrogens is 6. The molecule has 118 valence electrons. The lowest BCUT2D eigenvalue weighted by atomic mass is 10.1. The zero-order chi connectivity index (χ0) is 16.4. The average molecular weight is 319 g/mol. The molecule has 1 amide bonds. The highest BCUT2D eigenvalue weighted by Gasteiger charge is 2.10. The third-order valence-electron chi connectivity index (χ3n) is 3.67. The second-order valence-corrected chi connectivity index (χ2v) is 5.17. The largest absolute Gasteiger partial charge is 0.346 e. The molecule has 0 unspecified atom stereocenters. The number of H-pyrrole nitrogens is 2. The van der Waals surface area contributed by atoms with E-state index in [1.807, 2.05) is 24.3 Å². The number of amides is 1. The lowest BCUT2D eigenvalue weighted by Gasteiger charge is -2.05. The molecule has 3 heterocycles. The fourth-order valence-electron chi connectivity index (χ4n) is 2.43. The molecule has 0 atom stereocenters. The van der Waals surface area contributed by atoms with Crippen LogP contribution >= 0.6 is 0 Å². The first kappa shape index (κ1) is 14.1. The first-order chi connectivity index (χ1) is 11.8. The van der Waals surface area contributed by atoms with Crippen molar-refractivity contribution in [2.75, 3.05) is 0 Å². The Kier molecular flexibility index (Phi) is 3.47. The minimum absolute atomic E-state index is 0.161. The van der Waals surface area contributed by atoms with Gasteiger partial charge in [-0.2, -0.15) is 10.2 Å². The molecule has 0 bridgehead atoms. The Balaban J connectivity index is 1.46. The molecule has 8 heteroatoms. The summed E-state index contributed by atoms with van der Waals surface area (Å²) in [6.07, 6.45) is 3.13. The Morgan fingerprint density at radius 2 is 1.96 bits per heavy atom. The number of rotatable bonds is 4. The molecule has 0 saturated heterocycles. The van der Waals surface area contributed by atoms with Gasteiger partial charge in [-0.15, -0.1) is 0 Å². The minimum atomic E-state index is -0.161. The number of nitrogens with zero attached hydrogens (tertiary/aromatic N) is 4. The topological polar surface area (TPSA) is 112 Å². The van der Waals surface area contributed by atoms with Gasteiger partial charge in [-0.3, -0.25) is 15.0 Å². The first-order valence-electron chi connectivity index (χ1n) is 7.33. The van der Waals surface area contributed by atoms with Gasteiger partial charge in [0, 0.05) is 22.7 Å². The molecular formula is C16H13N7O. The molecule has 1 aromatic carbocycles. The quantitative estimate of drug-likeness (QED) is 0.530. The zero-order valence-electron chi connectivity index (χ0n) is 12.5. The zero-order valence-corrected chi connectivity index (χ0v) is 12.5. The highest BCUT2D eigenvalue weighted by Crippen LogP contribution is 2.15. The third-order valence-corrected chi connectivity index (χ3v) is 3.67. The minimum Gasteiger partial charge on any atom is -0.346 e. The van der Waals surface area contributed by atoms with E-state index in [1.165, 1.54) is 6.33 Å². The van der Waals surface area contributed by atoms with Gasteiger partial charge in [0.15, 0.2) is 11.5 Å². The average Bonchev–Trinajstić information content (AvgIpc) is 3.30. The van der Waals surface area contributed by atoms with Crippen LogP contribution in [-0.2, 0) is 6.54 Å². The van der Waals surface area contributed by atoms with Crippen LogP contribution in [-0.4, -0.2) is 36.3 Å². The van der Waals surface area contributed by atoms with Crippen LogP contribution in [0.25, 0.3) is 22.4 Å². The van der Waals surface area contributed by atoms with Crippen LogP contribution in [0, 0.1) is 0 Å². The van der Waals surface area contributed by atoms with Gasteiger partial charge >= 0.3 is 0 Å². The predicted molar refractivity (Wildman–Crippen MR) is 86.9 cm³/mol. The summed E-state index contributed by atoms with van der Waals surface area (Å²) in [7, 11) is 0. The number of aromatic amines is 2. The van der Waals surface area contributed by atoms with Crippen LogP contribution in [0.2, 0.25) is 0 Å². The Bertz CT molecular complexity index is 973. The summed E-state index contributed by atoms with van der Waals surface area (Å²) in [5.74, 6) is 0.504. The number of nitrogens with one attached hydrogen (secondary N) is 3. The Labute approximate surface area is 136 Å². The van der Waals surface area contributed by atoms with Crippen molar-refractivity contribution in [1.29, 1.82) is 0 Å². The van der Waals surface area contributed by atoms with Gasteiger partial charge in [0.1, 0.15) is 6.33 Å². The summed E-state index contributed by atoms with van der Waals surface area (Å²) in [5, 5.41) is 17.4. The number of benzene rings is 1. The van der Waals surface area contributed by atoms with Crippen molar-refractivity contribution in [3.63, 3.8) is 0 Å². The fourth-order valence-corrected chi connectivity index (χ4v) is 2.43. The summed E-state index contributed by atoms with van der Waals surface area (Å²) in [6.45, 7) is 0.352. The maximum absolute atomic E-state index is 12.3. The molecule has 3 aromatic heterocycles. The number of pyridine rings is 1. The molecule has 0 aliphatic carbocycles. The van der Waals surface area contributed by atoms with Gasteiger partial charge in [0.25, 0.3) is 5.91 Å². The monoisotopic (exact) mass is 319 g/mol. The van der Waals surface area contributed by atoms with E-state index < -0.39 is 0 Å². The normalized spacial score (nSPS) is 10.8. The molecular weight excluding hydrogens is 306 g/mol. The second kappa shape index (κ2) is 5.92. The molecule has 4 aromatic rings. The van der Waals surface area contributed by atoms with E-state index in [0.717, 1.165) is 16.6 Å². The van der Waals surface area contributed by atoms with Crippen LogP contribution in [0.4, 0.5) is 0 Å². The van der Waals surface area contributed by atoms with Gasteiger partial charge in [-0.1, -0.05) is 12.1 Å².